The summed E-state index contributed by atoms with van der Waals surface area (Å²) in [5.41, 5.74) is 7.85. The summed E-state index contributed by atoms with van der Waals surface area (Å²) in [5, 5.41) is 12.2. The number of hydrogen-bond donors (Lipinski definition) is 11. The van der Waals surface area contributed by atoms with E-state index < -0.39 is 17.2 Å². The summed E-state index contributed by atoms with van der Waals surface area (Å²) in [7, 11) is 0. The third kappa shape index (κ3) is 25.1. The summed E-state index contributed by atoms with van der Waals surface area (Å²) in [5.74, 6) is 5.33. The Bertz CT molecular complexity index is 6290. The van der Waals surface area contributed by atoms with Gasteiger partial charge in [-0.1, -0.05) is 116 Å². The smallest absolute Gasteiger partial charge is 0.413 e. The van der Waals surface area contributed by atoms with Crippen LogP contribution in [0.2, 0.25) is 0 Å². The number of rotatable bonds is 26. The number of amides is 1. The fraction of sp³-hybridized carbons (Fsp3) is 0.606. The van der Waals surface area contributed by atoms with Crippen molar-refractivity contribution in [1.29, 1.82) is 0 Å². The minimum Gasteiger partial charge on any atom is -0.450 e. The number of aromatic amines is 6. The average molecular weight is 1890 g/mol. The molecule has 6 saturated carbocycles. The van der Waals surface area contributed by atoms with Crippen LogP contribution in [0.15, 0.2) is 28.8 Å². The molecule has 12 N–H and O–H groups in total. The van der Waals surface area contributed by atoms with Gasteiger partial charge in [0.15, 0.2) is 137 Å². The van der Waals surface area contributed by atoms with E-state index in [0.29, 0.717) is 142 Å². The van der Waals surface area contributed by atoms with E-state index in [-0.39, 0.29) is 121 Å². The van der Waals surface area contributed by atoms with E-state index in [2.05, 4.69) is 111 Å². The van der Waals surface area contributed by atoms with Crippen LogP contribution in [0.3, 0.4) is 0 Å². The highest BCUT2D eigenvalue weighted by molar-refractivity contribution is 5.96. The van der Waals surface area contributed by atoms with E-state index in [1.165, 1.54) is 196 Å². The molecule has 0 saturated heterocycles. The Kier molecular flexibility index (Phi) is 34.6. The van der Waals surface area contributed by atoms with Gasteiger partial charge in [0, 0.05) is 100 Å². The predicted octanol–water partition coefficient (Wildman–Crippen LogP) is 13.2. The number of anilines is 5. The third-order valence-electron chi connectivity index (χ3n) is 26.3. The van der Waals surface area contributed by atoms with Crippen molar-refractivity contribution < 1.29 is 38.3 Å². The van der Waals surface area contributed by atoms with Gasteiger partial charge < -0.3 is 60.9 Å². The zero-order chi connectivity index (χ0) is 97.8. The summed E-state index contributed by atoms with van der Waals surface area (Å²) in [6, 6.07) is 0. The van der Waals surface area contributed by atoms with Crippen molar-refractivity contribution in [2.24, 2.45) is 35.5 Å². The Labute approximate surface area is 788 Å². The molecule has 6 aliphatic carbocycles. The average Bonchev–Trinajstić information content (AvgIpc) is 1.64. The quantitative estimate of drug-likeness (QED) is 0.0224. The monoisotopic (exact) mass is 1890 g/mol. The first-order valence-corrected chi connectivity index (χ1v) is 48.9. The van der Waals surface area contributed by atoms with Crippen LogP contribution in [-0.2, 0) is 44.0 Å². The van der Waals surface area contributed by atoms with Crippen LogP contribution < -0.4 is 60.4 Å². The number of carbonyl (C=O) groups is 7. The van der Waals surface area contributed by atoms with Gasteiger partial charge in [-0.3, -0.25) is 85.7 Å². The number of ether oxygens (including phenoxy) is 1. The van der Waals surface area contributed by atoms with Crippen LogP contribution in [0.1, 0.15) is 331 Å². The number of aryl methyl sites for hydroxylation is 1. The molecule has 6 fully saturated rings. The highest BCUT2D eigenvalue weighted by atomic mass is 16.5. The van der Waals surface area contributed by atoms with Crippen LogP contribution in [0, 0.1) is 42.4 Å². The number of nitrogens with zero attached hydrogens (tertiary/aromatic N) is 18. The fourth-order valence-electron chi connectivity index (χ4n) is 19.3. The number of H-pyrrole nitrogens is 6. The van der Waals surface area contributed by atoms with Crippen molar-refractivity contribution in [3.05, 3.63) is 103 Å². The van der Waals surface area contributed by atoms with Crippen molar-refractivity contribution in [3.8, 4) is 0 Å². The molecule has 1 amide bonds. The molecule has 0 bridgehead atoms. The second-order valence-electron chi connectivity index (χ2n) is 36.9. The Morgan fingerprint density at radius 1 is 0.292 bits per heavy atom. The number of hydrogen-bond acceptors (Lipinski definition) is 30. The Morgan fingerprint density at radius 2 is 0.496 bits per heavy atom. The standard InChI is InChI=1S/C17H23N5O4.3C16H23N5O2.C15H20N4O2.C14H19N5O2/c1-3-26-17(25)21-16-18-12-14(19-13(10(2)23)20-15(12)24)22(16)9-11-7-5-4-6-8-11;3*1-3-17-16-18-12-14(19-13(10(2)22)20-15(12)23)21(16)9-11-7-5-4-6-8-11;1-9(20)13-17-14-12(15(21)18-13)16-10(2)19(14)8-11-6-4-3-5-7-11;1-8(20)11-17-12-10(13(21)18-11)16-14(15)19(12)7-9-5-3-2-4-6-9/h11H,3-9H2,1-2H3,(H,18,21,25)(H,19,20,24);3*11H,3-9H2,1-2H3,(H,17,18)(H,19,20,23);11H,3-8H2,1-2H3,(H,17,18,21);9H,2-7H2,1H3,(H2,15,16)(H,17,18,21). The molecule has 0 aliphatic heterocycles. The Morgan fingerprint density at radius 3 is 0.737 bits per heavy atom. The van der Waals surface area contributed by atoms with E-state index in [1.807, 2.05) is 46.0 Å². The third-order valence-corrected chi connectivity index (χ3v) is 26.3. The lowest BCUT2D eigenvalue weighted by Gasteiger charge is -2.23. The number of nitrogens with two attached hydrogens (primary N) is 1. The topological polar surface area (TPSA) is 584 Å². The fourth-order valence-corrected chi connectivity index (χ4v) is 19.3. The van der Waals surface area contributed by atoms with Gasteiger partial charge in [-0.2, -0.15) is 0 Å². The van der Waals surface area contributed by atoms with Crippen molar-refractivity contribution in [2.75, 3.05) is 53.2 Å². The molecule has 18 rings (SSSR count). The van der Waals surface area contributed by atoms with Gasteiger partial charge in [0.05, 0.1) is 6.61 Å². The van der Waals surface area contributed by atoms with Crippen molar-refractivity contribution >= 4 is 138 Å². The molecule has 6 aliphatic rings. The van der Waals surface area contributed by atoms with Crippen molar-refractivity contribution in [2.45, 2.75) is 308 Å². The molecule has 12 aromatic rings. The lowest BCUT2D eigenvalue weighted by molar-refractivity contribution is 0.0995. The van der Waals surface area contributed by atoms with E-state index in [4.69, 9.17) is 10.5 Å². The molecular formula is C94H131N29O14. The van der Waals surface area contributed by atoms with E-state index in [1.54, 1.807) is 16.1 Å². The van der Waals surface area contributed by atoms with Crippen LogP contribution in [-0.4, -0.2) is 184 Å². The summed E-state index contributed by atoms with van der Waals surface area (Å²) >= 11 is 0. The normalized spacial score (nSPS) is 15.9. The number of carbonyl (C=O) groups excluding carboxylic acids is 7. The molecule has 43 heteroatoms. The number of ketones is 6. The summed E-state index contributed by atoms with van der Waals surface area (Å²) in [4.78, 5) is 221. The highest BCUT2D eigenvalue weighted by Gasteiger charge is 2.30. The van der Waals surface area contributed by atoms with Crippen LogP contribution in [0.25, 0.3) is 67.0 Å². The van der Waals surface area contributed by atoms with E-state index in [9.17, 15) is 62.3 Å². The highest BCUT2D eigenvalue weighted by Crippen LogP contribution is 2.35. The van der Waals surface area contributed by atoms with Crippen molar-refractivity contribution in [1.82, 2.24) is 117 Å². The second-order valence-corrected chi connectivity index (χ2v) is 36.9. The van der Waals surface area contributed by atoms with Gasteiger partial charge >= 0.3 is 6.09 Å². The first-order chi connectivity index (χ1) is 65.9. The Hall–Kier alpha value is -13.4. The minimum atomic E-state index is -0.643. The van der Waals surface area contributed by atoms with Gasteiger partial charge in [-0.15, -0.1) is 0 Å². The number of nitrogen functional groups attached to an aromatic ring is 1. The largest absolute Gasteiger partial charge is 0.450 e. The number of nitrogens with one attached hydrogen (secondary N) is 10. The number of aromatic nitrogens is 24. The lowest BCUT2D eigenvalue weighted by atomic mass is 9.89. The molecule has 0 radical (unpaired) electrons. The molecule has 0 atom stereocenters. The first-order valence-electron chi connectivity index (χ1n) is 48.9. The summed E-state index contributed by atoms with van der Waals surface area (Å²) in [6.07, 6.45) is 35.9. The number of Topliss-reactive ketones (excluding diaryl/α,β-unsaturated/α-hetero) is 6. The molecule has 43 nitrogen and oxygen atoms in total. The number of imidazole rings is 6. The summed E-state index contributed by atoms with van der Waals surface area (Å²) < 4.78 is 16.3. The molecule has 12 aromatic heterocycles. The lowest BCUT2D eigenvalue weighted by Crippen LogP contribution is -2.21. The molecule has 736 valence electrons. The molecule has 0 spiro atoms. The molecular weight excluding hydrogens is 1760 g/mol. The van der Waals surface area contributed by atoms with Gasteiger partial charge in [-0.05, 0) is 147 Å². The molecule has 12 heterocycles. The predicted molar refractivity (Wildman–Crippen MR) is 521 cm³/mol. The maximum Gasteiger partial charge on any atom is 0.413 e. The second kappa shape index (κ2) is 46.9. The Balaban J connectivity index is 0.000000139. The molecule has 0 aromatic carbocycles. The van der Waals surface area contributed by atoms with E-state index in [0.717, 1.165) is 70.5 Å². The van der Waals surface area contributed by atoms with Gasteiger partial charge in [0.2, 0.25) is 29.7 Å². The van der Waals surface area contributed by atoms with Gasteiger partial charge in [0.25, 0.3) is 33.4 Å². The molecule has 0 unspecified atom stereocenters. The van der Waals surface area contributed by atoms with Gasteiger partial charge in [-0.25, -0.2) is 64.6 Å². The van der Waals surface area contributed by atoms with Gasteiger partial charge in [0.1, 0.15) is 5.82 Å². The van der Waals surface area contributed by atoms with Crippen LogP contribution in [0.5, 0.6) is 0 Å². The SMILES string of the molecule is CC(=O)c1nc2c(nc(C)n2CC2CCCCC2)c(=O)[nH]1.CC(=O)c1nc2c(nc(N)n2CC2CCCCC2)c(=O)[nH]1.CCNc1nc2c(=O)[nH]c(C(C)=O)nc2n1CC1CCCCC1.CCNc1nc2c(=O)[nH]c(C(C)=O)nc2n1CC1CCCCC1.CCNc1nc2c(=O)[nH]c(C(C)=O)nc2n1CC1CCCCC1.CCOC(=O)Nc1nc2c(=O)[nH]c(C(C)=O)nc2n1CC1CCCCC1. The first kappa shape index (κ1) is 101. The van der Waals surface area contributed by atoms with E-state index >= 15 is 0 Å². The van der Waals surface area contributed by atoms with Crippen LogP contribution in [0.4, 0.5) is 34.5 Å². The zero-order valence-corrected chi connectivity index (χ0v) is 80.6. The maximum atomic E-state index is 12.3. The van der Waals surface area contributed by atoms with Crippen LogP contribution >= 0.6 is 0 Å². The molecule has 137 heavy (non-hydrogen) atoms. The summed E-state index contributed by atoms with van der Waals surface area (Å²) in [6.45, 7) is 24.7. The minimum absolute atomic E-state index is 0.0185. The maximum absolute atomic E-state index is 12.3. The number of fused-ring (bicyclic) bond motifs is 6. The zero-order valence-electron chi connectivity index (χ0n) is 80.6. The van der Waals surface area contributed by atoms with Crippen molar-refractivity contribution in [3.63, 3.8) is 0 Å².